The van der Waals surface area contributed by atoms with E-state index in [1.165, 1.54) is 5.56 Å². The van der Waals surface area contributed by atoms with Gasteiger partial charge in [-0.2, -0.15) is 5.10 Å². The highest BCUT2D eigenvalue weighted by Gasteiger charge is 2.33. The third kappa shape index (κ3) is 6.23. The molecule has 188 valence electrons. The maximum atomic E-state index is 13.5. The van der Waals surface area contributed by atoms with Gasteiger partial charge in [0.05, 0.1) is 5.69 Å². The van der Waals surface area contributed by atoms with Gasteiger partial charge in [0.25, 0.3) is 5.91 Å². The Morgan fingerprint density at radius 3 is 2.46 bits per heavy atom. The zero-order valence-corrected chi connectivity index (χ0v) is 21.9. The molecule has 0 N–H and O–H groups in total. The lowest BCUT2D eigenvalue weighted by atomic mass is 9.84. The lowest BCUT2D eigenvalue weighted by Crippen LogP contribution is -2.48. The first-order chi connectivity index (χ1) is 16.8. The fourth-order valence-corrected chi connectivity index (χ4v) is 5.42. The van der Waals surface area contributed by atoms with Crippen molar-refractivity contribution < 1.29 is 9.21 Å². The SMILES string of the molecule is Cc1cc(C(=O)N(C)[C@H](Cc2ccccc2)C2CCN(CC[C@@H](C)c3ccc(C)o3)CC2)n(C)n1. The normalized spacial score (nSPS) is 16.8. The summed E-state index contributed by atoms with van der Waals surface area (Å²) in [4.78, 5) is 18.0. The summed E-state index contributed by atoms with van der Waals surface area (Å²) in [5.41, 5.74) is 2.81. The largest absolute Gasteiger partial charge is 0.466 e. The standard InChI is InChI=1S/C29H40N4O2/c1-21(28-12-11-23(3)35-28)13-16-33-17-14-25(15-18-33)26(20-24-9-7-6-8-10-24)31(4)29(34)27-19-22(2)30-32(27)5/h6-12,19,21,25-26H,13-18,20H2,1-5H3/t21-,26-/m1/s1. The zero-order chi connectivity index (χ0) is 24.9. The molecule has 4 rings (SSSR count). The molecule has 1 saturated heterocycles. The number of carbonyl (C=O) groups excluding carboxylic acids is 1. The van der Waals surface area contributed by atoms with Crippen LogP contribution in [0.3, 0.4) is 0 Å². The molecular weight excluding hydrogens is 436 g/mol. The predicted molar refractivity (Wildman–Crippen MR) is 140 cm³/mol. The number of carbonyl (C=O) groups is 1. The van der Waals surface area contributed by atoms with Crippen molar-refractivity contribution in [3.63, 3.8) is 0 Å². The first-order valence-corrected chi connectivity index (χ1v) is 12.9. The van der Waals surface area contributed by atoms with Crippen LogP contribution < -0.4 is 0 Å². The number of aryl methyl sites for hydroxylation is 3. The number of hydrogen-bond donors (Lipinski definition) is 0. The summed E-state index contributed by atoms with van der Waals surface area (Å²) < 4.78 is 7.53. The number of furan rings is 1. The number of amides is 1. The molecule has 6 nitrogen and oxygen atoms in total. The molecule has 0 unspecified atom stereocenters. The summed E-state index contributed by atoms with van der Waals surface area (Å²) in [6, 6.07) is 16.8. The zero-order valence-electron chi connectivity index (χ0n) is 21.9. The van der Waals surface area contributed by atoms with E-state index < -0.39 is 0 Å². The minimum absolute atomic E-state index is 0.0547. The van der Waals surface area contributed by atoms with Gasteiger partial charge in [0.15, 0.2) is 0 Å². The molecule has 1 aliphatic rings. The monoisotopic (exact) mass is 476 g/mol. The Morgan fingerprint density at radius 1 is 1.14 bits per heavy atom. The van der Waals surface area contributed by atoms with Gasteiger partial charge in [-0.1, -0.05) is 37.3 Å². The molecular formula is C29H40N4O2. The second kappa shape index (κ2) is 11.3. The Morgan fingerprint density at radius 2 is 1.86 bits per heavy atom. The molecule has 6 heteroatoms. The Kier molecular flexibility index (Phi) is 8.11. The highest BCUT2D eigenvalue weighted by atomic mass is 16.3. The molecule has 0 bridgehead atoms. The van der Waals surface area contributed by atoms with E-state index in [1.54, 1.807) is 4.68 Å². The molecule has 0 saturated carbocycles. The average Bonchev–Trinajstić information content (AvgIpc) is 3.45. The minimum Gasteiger partial charge on any atom is -0.466 e. The van der Waals surface area contributed by atoms with Crippen LogP contribution in [-0.4, -0.2) is 58.2 Å². The number of aromatic nitrogens is 2. The first-order valence-electron chi connectivity index (χ1n) is 12.9. The number of nitrogens with zero attached hydrogens (tertiary/aromatic N) is 4. The highest BCUT2D eigenvalue weighted by Crippen LogP contribution is 2.29. The van der Waals surface area contributed by atoms with E-state index in [1.807, 2.05) is 38.9 Å². The van der Waals surface area contributed by atoms with Crippen molar-refractivity contribution in [3.05, 3.63) is 77.0 Å². The van der Waals surface area contributed by atoms with Crippen LogP contribution in [0.5, 0.6) is 0 Å². The van der Waals surface area contributed by atoms with Crippen molar-refractivity contribution in [2.45, 2.75) is 58.4 Å². The Balaban J connectivity index is 1.40. The van der Waals surface area contributed by atoms with Gasteiger partial charge in [0, 0.05) is 26.1 Å². The fourth-order valence-electron chi connectivity index (χ4n) is 5.42. The lowest BCUT2D eigenvalue weighted by molar-refractivity contribution is 0.0578. The van der Waals surface area contributed by atoms with Crippen molar-refractivity contribution >= 4 is 5.91 Å². The Labute approximate surface area is 209 Å². The number of likely N-dealkylation sites (tertiary alicyclic amines) is 1. The van der Waals surface area contributed by atoms with Gasteiger partial charge in [-0.25, -0.2) is 0 Å². The fraction of sp³-hybridized carbons (Fsp3) is 0.517. The summed E-state index contributed by atoms with van der Waals surface area (Å²) in [7, 11) is 3.82. The highest BCUT2D eigenvalue weighted by molar-refractivity contribution is 5.92. The summed E-state index contributed by atoms with van der Waals surface area (Å²) in [5, 5.41) is 4.39. The maximum absolute atomic E-state index is 13.5. The van der Waals surface area contributed by atoms with E-state index in [2.05, 4.69) is 59.4 Å². The summed E-state index contributed by atoms with van der Waals surface area (Å²) in [5.74, 6) is 3.03. The summed E-state index contributed by atoms with van der Waals surface area (Å²) >= 11 is 0. The van der Waals surface area contributed by atoms with Crippen LogP contribution in [0.2, 0.25) is 0 Å². The summed E-state index contributed by atoms with van der Waals surface area (Å²) in [6.45, 7) is 9.42. The van der Waals surface area contributed by atoms with Crippen LogP contribution in [0.1, 0.15) is 65.4 Å². The Bertz CT molecular complexity index is 1100. The van der Waals surface area contributed by atoms with Crippen LogP contribution in [0.4, 0.5) is 0 Å². The molecule has 0 aliphatic carbocycles. The van der Waals surface area contributed by atoms with Crippen molar-refractivity contribution in [1.29, 1.82) is 0 Å². The molecule has 1 aromatic carbocycles. The predicted octanol–water partition coefficient (Wildman–Crippen LogP) is 5.22. The molecule has 1 amide bonds. The second-order valence-corrected chi connectivity index (χ2v) is 10.3. The molecule has 35 heavy (non-hydrogen) atoms. The smallest absolute Gasteiger partial charge is 0.272 e. The van der Waals surface area contributed by atoms with Crippen molar-refractivity contribution in [3.8, 4) is 0 Å². The van der Waals surface area contributed by atoms with Gasteiger partial charge in [-0.3, -0.25) is 9.48 Å². The molecule has 2 atom stereocenters. The molecule has 1 fully saturated rings. The molecule has 0 radical (unpaired) electrons. The van der Waals surface area contributed by atoms with E-state index >= 15 is 0 Å². The van der Waals surface area contributed by atoms with E-state index in [9.17, 15) is 4.79 Å². The van der Waals surface area contributed by atoms with E-state index in [4.69, 9.17) is 4.42 Å². The number of hydrogen-bond acceptors (Lipinski definition) is 4. The van der Waals surface area contributed by atoms with Crippen molar-refractivity contribution in [2.24, 2.45) is 13.0 Å². The third-order valence-corrected chi connectivity index (χ3v) is 7.63. The number of likely N-dealkylation sites (N-methyl/N-ethyl adjacent to an activating group) is 1. The van der Waals surface area contributed by atoms with E-state index in [-0.39, 0.29) is 11.9 Å². The number of benzene rings is 1. The van der Waals surface area contributed by atoms with E-state index in [0.29, 0.717) is 17.5 Å². The second-order valence-electron chi connectivity index (χ2n) is 10.3. The molecule has 1 aliphatic heterocycles. The van der Waals surface area contributed by atoms with Crippen LogP contribution in [-0.2, 0) is 13.5 Å². The van der Waals surface area contributed by atoms with Gasteiger partial charge < -0.3 is 14.2 Å². The van der Waals surface area contributed by atoms with Crippen molar-refractivity contribution in [2.75, 3.05) is 26.7 Å². The Hall–Kier alpha value is -2.86. The minimum atomic E-state index is 0.0547. The molecule has 3 aromatic rings. The number of rotatable bonds is 9. The first kappa shape index (κ1) is 25.2. The van der Waals surface area contributed by atoms with Crippen molar-refractivity contribution in [1.82, 2.24) is 19.6 Å². The molecule has 3 heterocycles. The van der Waals surface area contributed by atoms with Crippen LogP contribution in [0.15, 0.2) is 52.9 Å². The van der Waals surface area contributed by atoms with Crippen LogP contribution in [0, 0.1) is 19.8 Å². The van der Waals surface area contributed by atoms with Gasteiger partial charge >= 0.3 is 0 Å². The van der Waals surface area contributed by atoms with Crippen LogP contribution in [0.25, 0.3) is 0 Å². The quantitative estimate of drug-likeness (QED) is 0.425. The lowest BCUT2D eigenvalue weighted by Gasteiger charge is -2.40. The van der Waals surface area contributed by atoms with Gasteiger partial charge in [0.2, 0.25) is 0 Å². The topological polar surface area (TPSA) is 54.5 Å². The van der Waals surface area contributed by atoms with E-state index in [0.717, 1.165) is 62.5 Å². The summed E-state index contributed by atoms with van der Waals surface area (Å²) in [6.07, 6.45) is 4.18. The van der Waals surface area contributed by atoms with Gasteiger partial charge in [-0.15, -0.1) is 0 Å². The maximum Gasteiger partial charge on any atom is 0.272 e. The van der Waals surface area contributed by atoms with Gasteiger partial charge in [0.1, 0.15) is 17.2 Å². The van der Waals surface area contributed by atoms with Crippen LogP contribution >= 0.6 is 0 Å². The third-order valence-electron chi connectivity index (χ3n) is 7.63. The number of piperidine rings is 1. The molecule has 0 spiro atoms. The van der Waals surface area contributed by atoms with Gasteiger partial charge in [-0.05, 0) is 88.8 Å². The molecule has 2 aromatic heterocycles. The average molecular weight is 477 g/mol.